The summed E-state index contributed by atoms with van der Waals surface area (Å²) >= 11 is 3.54. The molecule has 1 saturated carbocycles. The van der Waals surface area contributed by atoms with Crippen molar-refractivity contribution in [1.29, 1.82) is 0 Å². The molecule has 1 aromatic heterocycles. The van der Waals surface area contributed by atoms with Gasteiger partial charge in [-0.1, -0.05) is 0 Å². The molecule has 0 bridgehead atoms. The molecule has 2 aliphatic rings. The van der Waals surface area contributed by atoms with Crippen LogP contribution in [0.2, 0.25) is 0 Å². The summed E-state index contributed by atoms with van der Waals surface area (Å²) in [5.41, 5.74) is 7.27. The van der Waals surface area contributed by atoms with Crippen LogP contribution in [0.5, 0.6) is 0 Å². The Hall–Kier alpha value is -0.350. The average Bonchev–Trinajstić information content (AvgIpc) is 2.94. The first kappa shape index (κ1) is 8.92. The highest BCUT2D eigenvalue weighted by molar-refractivity contribution is 9.10. The van der Waals surface area contributed by atoms with E-state index in [2.05, 4.69) is 25.5 Å². The summed E-state index contributed by atoms with van der Waals surface area (Å²) in [6.07, 6.45) is 4.69. The average molecular weight is 256 g/mol. The number of fused-ring (bicyclic) bond motifs is 1. The Kier molecular flexibility index (Phi) is 1.96. The second-order valence-electron chi connectivity index (χ2n) is 4.39. The molecule has 1 fully saturated rings. The number of rotatable bonds is 1. The fourth-order valence-electron chi connectivity index (χ4n) is 2.22. The van der Waals surface area contributed by atoms with Crippen molar-refractivity contribution in [3.8, 4) is 0 Å². The minimum atomic E-state index is 0.322. The van der Waals surface area contributed by atoms with Crippen LogP contribution in [-0.4, -0.2) is 15.6 Å². The molecule has 2 heterocycles. The minimum absolute atomic E-state index is 0.322. The van der Waals surface area contributed by atoms with Gasteiger partial charge in [-0.15, -0.1) is 0 Å². The highest BCUT2D eigenvalue weighted by Gasteiger charge is 2.32. The summed E-state index contributed by atoms with van der Waals surface area (Å²) in [5.74, 6) is 2.02. The van der Waals surface area contributed by atoms with Gasteiger partial charge in [-0.2, -0.15) is 0 Å². The second-order valence-corrected chi connectivity index (χ2v) is 5.14. The standard InChI is InChI=1S/C10H14BrN3/c11-9-8-5-7(12)3-4-14(8)10(13-9)6-1-2-6/h6-7H,1-5,12H2. The minimum Gasteiger partial charge on any atom is -0.331 e. The molecule has 1 aromatic rings. The predicted octanol–water partition coefficient (Wildman–Crippen LogP) is 1.80. The number of nitrogens with zero attached hydrogens (tertiary/aromatic N) is 2. The maximum atomic E-state index is 5.96. The number of hydrogen-bond acceptors (Lipinski definition) is 2. The Labute approximate surface area is 91.8 Å². The lowest BCUT2D eigenvalue weighted by molar-refractivity contribution is 0.459. The Balaban J connectivity index is 2.04. The van der Waals surface area contributed by atoms with Gasteiger partial charge in [0, 0.05) is 24.9 Å². The molecule has 0 aromatic carbocycles. The van der Waals surface area contributed by atoms with Crippen LogP contribution in [0, 0.1) is 0 Å². The topological polar surface area (TPSA) is 43.8 Å². The van der Waals surface area contributed by atoms with Gasteiger partial charge in [-0.05, 0) is 35.2 Å². The van der Waals surface area contributed by atoms with Gasteiger partial charge in [0.25, 0.3) is 0 Å². The zero-order valence-electron chi connectivity index (χ0n) is 8.04. The van der Waals surface area contributed by atoms with E-state index in [-0.39, 0.29) is 0 Å². The molecule has 0 saturated heterocycles. The van der Waals surface area contributed by atoms with Crippen LogP contribution in [0.15, 0.2) is 4.60 Å². The van der Waals surface area contributed by atoms with E-state index in [0.29, 0.717) is 6.04 Å². The van der Waals surface area contributed by atoms with E-state index in [1.54, 1.807) is 0 Å². The Morgan fingerprint density at radius 2 is 2.14 bits per heavy atom. The van der Waals surface area contributed by atoms with Crippen LogP contribution in [0.3, 0.4) is 0 Å². The van der Waals surface area contributed by atoms with Gasteiger partial charge in [0.05, 0.1) is 5.69 Å². The lowest BCUT2D eigenvalue weighted by Crippen LogP contribution is -2.31. The first-order valence-corrected chi connectivity index (χ1v) is 6.05. The summed E-state index contributed by atoms with van der Waals surface area (Å²) in [5, 5.41) is 0. The van der Waals surface area contributed by atoms with Gasteiger partial charge in [0.2, 0.25) is 0 Å². The quantitative estimate of drug-likeness (QED) is 0.832. The van der Waals surface area contributed by atoms with Crippen LogP contribution < -0.4 is 5.73 Å². The fraction of sp³-hybridized carbons (Fsp3) is 0.700. The van der Waals surface area contributed by atoms with Crippen molar-refractivity contribution >= 4 is 15.9 Å². The molecule has 14 heavy (non-hydrogen) atoms. The zero-order chi connectivity index (χ0) is 9.71. The summed E-state index contributed by atoms with van der Waals surface area (Å²) < 4.78 is 3.40. The predicted molar refractivity (Wildman–Crippen MR) is 58.2 cm³/mol. The van der Waals surface area contributed by atoms with Gasteiger partial charge >= 0.3 is 0 Å². The zero-order valence-corrected chi connectivity index (χ0v) is 9.63. The van der Waals surface area contributed by atoms with Crippen LogP contribution in [0.4, 0.5) is 0 Å². The van der Waals surface area contributed by atoms with Crippen LogP contribution in [0.1, 0.15) is 36.7 Å². The van der Waals surface area contributed by atoms with E-state index in [0.717, 1.165) is 29.9 Å². The molecule has 3 nitrogen and oxygen atoms in total. The number of aromatic nitrogens is 2. The van der Waals surface area contributed by atoms with Crippen LogP contribution in [-0.2, 0) is 13.0 Å². The van der Waals surface area contributed by atoms with Crippen LogP contribution >= 0.6 is 15.9 Å². The number of nitrogens with two attached hydrogens (primary N) is 1. The third-order valence-corrected chi connectivity index (χ3v) is 3.81. The molecule has 0 spiro atoms. The van der Waals surface area contributed by atoms with E-state index >= 15 is 0 Å². The molecule has 1 unspecified atom stereocenters. The van der Waals surface area contributed by atoms with Crippen molar-refractivity contribution in [2.45, 2.75) is 44.2 Å². The number of halogens is 1. The molecular weight excluding hydrogens is 242 g/mol. The molecule has 4 heteroatoms. The molecule has 3 rings (SSSR count). The van der Waals surface area contributed by atoms with E-state index in [4.69, 9.17) is 5.73 Å². The van der Waals surface area contributed by atoms with Crippen molar-refractivity contribution in [3.05, 3.63) is 16.1 Å². The molecule has 0 amide bonds. The first-order chi connectivity index (χ1) is 6.75. The lowest BCUT2D eigenvalue weighted by atomic mass is 10.1. The molecular formula is C10H14BrN3. The number of imidazole rings is 1. The first-order valence-electron chi connectivity index (χ1n) is 5.26. The Morgan fingerprint density at radius 1 is 1.36 bits per heavy atom. The molecule has 1 aliphatic carbocycles. The van der Waals surface area contributed by atoms with E-state index in [9.17, 15) is 0 Å². The maximum absolute atomic E-state index is 5.96. The van der Waals surface area contributed by atoms with Gasteiger partial charge in [-0.25, -0.2) is 4.98 Å². The van der Waals surface area contributed by atoms with Crippen molar-refractivity contribution in [2.24, 2.45) is 5.73 Å². The van der Waals surface area contributed by atoms with Gasteiger partial charge in [-0.3, -0.25) is 0 Å². The van der Waals surface area contributed by atoms with Gasteiger partial charge in [0.15, 0.2) is 0 Å². The highest BCUT2D eigenvalue weighted by Crippen LogP contribution is 2.41. The number of hydrogen-bond donors (Lipinski definition) is 1. The monoisotopic (exact) mass is 255 g/mol. The van der Waals surface area contributed by atoms with Crippen molar-refractivity contribution in [1.82, 2.24) is 9.55 Å². The normalized spacial score (nSPS) is 26.3. The third-order valence-electron chi connectivity index (χ3n) is 3.17. The largest absolute Gasteiger partial charge is 0.331 e. The Bertz CT molecular complexity index is 368. The van der Waals surface area contributed by atoms with Gasteiger partial charge < -0.3 is 10.3 Å². The molecule has 1 atom stereocenters. The van der Waals surface area contributed by atoms with E-state index < -0.39 is 0 Å². The van der Waals surface area contributed by atoms with Crippen molar-refractivity contribution < 1.29 is 0 Å². The summed E-state index contributed by atoms with van der Waals surface area (Å²) in [7, 11) is 0. The molecule has 0 radical (unpaired) electrons. The second kappa shape index (κ2) is 3.07. The molecule has 76 valence electrons. The van der Waals surface area contributed by atoms with Gasteiger partial charge in [0.1, 0.15) is 10.4 Å². The van der Waals surface area contributed by atoms with Crippen LogP contribution in [0.25, 0.3) is 0 Å². The lowest BCUT2D eigenvalue weighted by Gasteiger charge is -2.22. The van der Waals surface area contributed by atoms with E-state index in [1.807, 2.05) is 0 Å². The highest BCUT2D eigenvalue weighted by atomic mass is 79.9. The van der Waals surface area contributed by atoms with Crippen molar-refractivity contribution in [3.63, 3.8) is 0 Å². The van der Waals surface area contributed by atoms with E-state index in [1.165, 1.54) is 24.4 Å². The SMILES string of the molecule is NC1CCn2c(C3CC3)nc(Br)c2C1. The molecule has 1 aliphatic heterocycles. The summed E-state index contributed by atoms with van der Waals surface area (Å²) in [4.78, 5) is 4.61. The maximum Gasteiger partial charge on any atom is 0.127 e. The molecule has 2 N–H and O–H groups in total. The third kappa shape index (κ3) is 1.32. The smallest absolute Gasteiger partial charge is 0.127 e. The summed E-state index contributed by atoms with van der Waals surface area (Å²) in [6, 6.07) is 0.322. The summed E-state index contributed by atoms with van der Waals surface area (Å²) in [6.45, 7) is 1.06. The fourth-order valence-corrected chi connectivity index (χ4v) is 2.78. The van der Waals surface area contributed by atoms with Crippen molar-refractivity contribution in [2.75, 3.05) is 0 Å². The Morgan fingerprint density at radius 3 is 2.86 bits per heavy atom.